The fraction of sp³-hybridized carbons (Fsp3) is 1.00. The van der Waals surface area contributed by atoms with Gasteiger partial charge in [-0.3, -0.25) is 4.90 Å². The highest BCUT2D eigenvalue weighted by Crippen LogP contribution is 2.30. The Bertz CT molecular complexity index is 263. The van der Waals surface area contributed by atoms with Crippen molar-refractivity contribution in [3.8, 4) is 0 Å². The van der Waals surface area contributed by atoms with Gasteiger partial charge in [0, 0.05) is 55.2 Å². The van der Waals surface area contributed by atoms with E-state index in [0.717, 1.165) is 25.7 Å². The van der Waals surface area contributed by atoms with Crippen molar-refractivity contribution in [2.75, 3.05) is 55.8 Å². The van der Waals surface area contributed by atoms with E-state index in [4.69, 9.17) is 4.74 Å². The van der Waals surface area contributed by atoms with Gasteiger partial charge in [-0.05, 0) is 12.8 Å². The summed E-state index contributed by atoms with van der Waals surface area (Å²) in [5.41, 5.74) is 0.166. The molecular formula is C13H26Cl2N2OS2. The minimum atomic E-state index is 0. The lowest BCUT2D eigenvalue weighted by Gasteiger charge is -2.46. The molecule has 0 radical (unpaired) electrons. The summed E-state index contributed by atoms with van der Waals surface area (Å²) in [5, 5.41) is 3.50. The highest BCUT2D eigenvalue weighted by molar-refractivity contribution is 8.03. The predicted molar refractivity (Wildman–Crippen MR) is 95.3 cm³/mol. The van der Waals surface area contributed by atoms with Crippen LogP contribution in [-0.2, 0) is 4.74 Å². The van der Waals surface area contributed by atoms with Gasteiger partial charge < -0.3 is 10.1 Å². The second-order valence-electron chi connectivity index (χ2n) is 5.55. The van der Waals surface area contributed by atoms with E-state index in [1.807, 2.05) is 0 Å². The van der Waals surface area contributed by atoms with Gasteiger partial charge in [-0.15, -0.1) is 24.8 Å². The Balaban J connectivity index is 0.000001000. The molecule has 7 heteroatoms. The summed E-state index contributed by atoms with van der Waals surface area (Å²) >= 11 is 4.28. The third kappa shape index (κ3) is 4.83. The van der Waals surface area contributed by atoms with E-state index in [1.165, 1.54) is 48.9 Å². The van der Waals surface area contributed by atoms with Crippen molar-refractivity contribution in [2.45, 2.75) is 24.5 Å². The van der Waals surface area contributed by atoms with Gasteiger partial charge in [0.05, 0.1) is 12.2 Å². The number of likely N-dealkylation sites (tertiary alicyclic amines) is 1. The summed E-state index contributed by atoms with van der Waals surface area (Å²) in [4.78, 5) is 2.72. The molecule has 1 spiro atoms. The zero-order chi connectivity index (χ0) is 12.3. The summed E-state index contributed by atoms with van der Waals surface area (Å²) in [5.74, 6) is 5.34. The molecule has 0 aliphatic carbocycles. The molecule has 0 saturated carbocycles. The molecular weight excluding hydrogens is 335 g/mol. The van der Waals surface area contributed by atoms with Crippen molar-refractivity contribution in [3.05, 3.63) is 0 Å². The third-order valence-electron chi connectivity index (χ3n) is 4.35. The molecule has 3 heterocycles. The lowest BCUT2D eigenvalue weighted by Crippen LogP contribution is -2.57. The summed E-state index contributed by atoms with van der Waals surface area (Å²) in [6.07, 6.45) is 2.43. The number of ether oxygens (including phenoxy) is 1. The molecule has 3 rings (SSSR count). The van der Waals surface area contributed by atoms with Crippen LogP contribution in [0.4, 0.5) is 0 Å². The maximum atomic E-state index is 6.07. The second-order valence-corrected chi connectivity index (χ2v) is 7.85. The van der Waals surface area contributed by atoms with Crippen molar-refractivity contribution in [3.63, 3.8) is 0 Å². The number of morpholine rings is 1. The Hall–Kier alpha value is 1.16. The molecule has 20 heavy (non-hydrogen) atoms. The van der Waals surface area contributed by atoms with Crippen molar-refractivity contribution in [1.29, 1.82) is 0 Å². The minimum Gasteiger partial charge on any atom is -0.372 e. The van der Waals surface area contributed by atoms with Gasteiger partial charge in [-0.25, -0.2) is 0 Å². The normalized spacial score (nSPS) is 28.2. The standard InChI is InChI=1S/C13H24N2OS2.2ClH/c1-4-15(12-9-17-7-8-18-10-12)5-2-13(1)11-14-3-6-16-13;;/h12,14H,1-11H2;2*1H. The van der Waals surface area contributed by atoms with Gasteiger partial charge >= 0.3 is 0 Å². The van der Waals surface area contributed by atoms with Gasteiger partial charge in [0.15, 0.2) is 0 Å². The Morgan fingerprint density at radius 1 is 1.05 bits per heavy atom. The highest BCUT2D eigenvalue weighted by atomic mass is 35.5. The maximum absolute atomic E-state index is 6.07. The first-order valence-electron chi connectivity index (χ1n) is 7.12. The van der Waals surface area contributed by atoms with Crippen molar-refractivity contribution < 1.29 is 4.74 Å². The van der Waals surface area contributed by atoms with Gasteiger partial charge in [0.25, 0.3) is 0 Å². The van der Waals surface area contributed by atoms with E-state index in [-0.39, 0.29) is 30.4 Å². The highest BCUT2D eigenvalue weighted by Gasteiger charge is 2.38. The van der Waals surface area contributed by atoms with Crippen molar-refractivity contribution in [1.82, 2.24) is 10.2 Å². The third-order valence-corrected chi connectivity index (χ3v) is 6.84. The predicted octanol–water partition coefficient (Wildman–Crippen LogP) is 2.13. The SMILES string of the molecule is C1COC2(CCN(C3CSCCSC3)CC2)CN1.Cl.Cl. The molecule has 0 aromatic carbocycles. The van der Waals surface area contributed by atoms with E-state index in [9.17, 15) is 0 Å². The monoisotopic (exact) mass is 360 g/mol. The number of thioether (sulfide) groups is 2. The minimum absolute atomic E-state index is 0. The Labute approximate surface area is 143 Å². The lowest BCUT2D eigenvalue weighted by atomic mass is 9.89. The molecule has 0 aromatic rings. The fourth-order valence-corrected chi connectivity index (χ4v) is 5.77. The molecule has 0 unspecified atom stereocenters. The number of halogens is 2. The van der Waals surface area contributed by atoms with E-state index >= 15 is 0 Å². The van der Waals surface area contributed by atoms with Crippen LogP contribution in [0.5, 0.6) is 0 Å². The van der Waals surface area contributed by atoms with Crippen LogP contribution < -0.4 is 5.32 Å². The Morgan fingerprint density at radius 3 is 2.25 bits per heavy atom. The molecule has 0 aromatic heterocycles. The topological polar surface area (TPSA) is 24.5 Å². The van der Waals surface area contributed by atoms with Gasteiger partial charge in [-0.1, -0.05) is 0 Å². The summed E-state index contributed by atoms with van der Waals surface area (Å²) in [7, 11) is 0. The van der Waals surface area contributed by atoms with E-state index < -0.39 is 0 Å². The Kier molecular flexibility index (Phi) is 8.96. The molecule has 1 N–H and O–H groups in total. The second kappa shape index (κ2) is 9.33. The van der Waals surface area contributed by atoms with Gasteiger partial charge in [-0.2, -0.15) is 23.5 Å². The van der Waals surface area contributed by atoms with Crippen LogP contribution in [0.2, 0.25) is 0 Å². The van der Waals surface area contributed by atoms with Crippen LogP contribution >= 0.6 is 48.3 Å². The Morgan fingerprint density at radius 2 is 1.70 bits per heavy atom. The first-order chi connectivity index (χ1) is 8.88. The van der Waals surface area contributed by atoms with Gasteiger partial charge in [0.2, 0.25) is 0 Å². The van der Waals surface area contributed by atoms with Crippen molar-refractivity contribution >= 4 is 48.3 Å². The number of nitrogens with one attached hydrogen (secondary N) is 1. The summed E-state index contributed by atoms with van der Waals surface area (Å²) in [6.45, 7) is 5.45. The van der Waals surface area contributed by atoms with Crippen molar-refractivity contribution in [2.24, 2.45) is 0 Å². The van der Waals surface area contributed by atoms with Crippen LogP contribution in [0.1, 0.15) is 12.8 Å². The summed E-state index contributed by atoms with van der Waals surface area (Å²) in [6, 6.07) is 0.802. The smallest absolute Gasteiger partial charge is 0.0831 e. The van der Waals surface area contributed by atoms with E-state index in [1.54, 1.807) is 0 Å². The number of hydrogen-bond acceptors (Lipinski definition) is 5. The average Bonchev–Trinajstić information content (AvgIpc) is 2.70. The molecule has 3 nitrogen and oxygen atoms in total. The molecule has 3 fully saturated rings. The molecule has 3 aliphatic heterocycles. The van der Waals surface area contributed by atoms with E-state index in [2.05, 4.69) is 33.7 Å². The molecule has 0 bridgehead atoms. The zero-order valence-corrected chi connectivity index (χ0v) is 15.1. The van der Waals surface area contributed by atoms with Crippen LogP contribution in [0.25, 0.3) is 0 Å². The first-order valence-corrected chi connectivity index (χ1v) is 9.43. The number of hydrogen-bond donors (Lipinski definition) is 1. The number of piperidine rings is 1. The maximum Gasteiger partial charge on any atom is 0.0831 e. The van der Waals surface area contributed by atoms with Crippen LogP contribution in [0.15, 0.2) is 0 Å². The lowest BCUT2D eigenvalue weighted by molar-refractivity contribution is -0.102. The van der Waals surface area contributed by atoms with Crippen LogP contribution in [0.3, 0.4) is 0 Å². The number of rotatable bonds is 1. The molecule has 120 valence electrons. The van der Waals surface area contributed by atoms with Gasteiger partial charge in [0.1, 0.15) is 0 Å². The number of nitrogens with zero attached hydrogens (tertiary/aromatic N) is 1. The summed E-state index contributed by atoms with van der Waals surface area (Å²) < 4.78 is 6.07. The average molecular weight is 361 g/mol. The molecule has 3 aliphatic rings. The first kappa shape index (κ1) is 19.2. The quantitative estimate of drug-likeness (QED) is 0.772. The fourth-order valence-electron chi connectivity index (χ4n) is 3.14. The molecule has 3 saturated heterocycles. The molecule has 0 atom stereocenters. The van der Waals surface area contributed by atoms with Crippen LogP contribution in [-0.4, -0.2) is 72.3 Å². The molecule has 0 amide bonds. The largest absolute Gasteiger partial charge is 0.372 e. The van der Waals surface area contributed by atoms with E-state index in [0.29, 0.717) is 0 Å². The van der Waals surface area contributed by atoms with Crippen LogP contribution in [0, 0.1) is 0 Å². The zero-order valence-electron chi connectivity index (χ0n) is 11.8.